The fourth-order valence-electron chi connectivity index (χ4n) is 5.22. The van der Waals surface area contributed by atoms with E-state index in [0.717, 1.165) is 62.8 Å². The van der Waals surface area contributed by atoms with Crippen molar-refractivity contribution in [1.29, 1.82) is 0 Å². The molecule has 0 spiro atoms. The van der Waals surface area contributed by atoms with Crippen molar-refractivity contribution in [2.24, 2.45) is 0 Å². The molecule has 3 rings (SSSR count). The normalized spacial score (nSPS) is 11.6. The molecule has 0 saturated carbocycles. The Labute approximate surface area is 343 Å². The summed E-state index contributed by atoms with van der Waals surface area (Å²) in [6.45, 7) is 8.04. The number of unbranched alkanes of at least 4 members (excludes halogenated alkanes) is 6. The van der Waals surface area contributed by atoms with Gasteiger partial charge < -0.3 is 28.4 Å². The highest BCUT2D eigenvalue weighted by molar-refractivity contribution is 5.90. The molecule has 0 heterocycles. The average Bonchev–Trinajstić information content (AvgIpc) is 3.21. The minimum absolute atomic E-state index is 0.300. The summed E-state index contributed by atoms with van der Waals surface area (Å²) < 4.78 is 116. The first-order valence-electron chi connectivity index (χ1n) is 18.8. The van der Waals surface area contributed by atoms with Crippen LogP contribution in [0.25, 0.3) is 12.2 Å². The highest BCUT2D eigenvalue weighted by Gasteiger charge is 2.48. The molecule has 0 saturated heterocycles. The summed E-state index contributed by atoms with van der Waals surface area (Å²) in [5.41, 5.74) is -3.89. The molecule has 0 atom stereocenters. The summed E-state index contributed by atoms with van der Waals surface area (Å²) >= 11 is 0. The van der Waals surface area contributed by atoms with E-state index in [1.807, 2.05) is 0 Å². The summed E-state index contributed by atoms with van der Waals surface area (Å²) in [7, 11) is 0. The van der Waals surface area contributed by atoms with Crippen LogP contribution in [-0.2, 0) is 41.0 Å². The van der Waals surface area contributed by atoms with Crippen molar-refractivity contribution in [1.82, 2.24) is 0 Å². The average molecular weight is 847 g/mol. The van der Waals surface area contributed by atoms with Crippen LogP contribution >= 0.6 is 0 Å². The molecule has 3 aromatic carbocycles. The zero-order chi connectivity index (χ0) is 44.0. The number of carbonyl (C=O) groups excluding carboxylic acids is 4. The predicted molar refractivity (Wildman–Crippen MR) is 209 cm³/mol. The third-order valence-electron chi connectivity index (χ3n) is 8.14. The van der Waals surface area contributed by atoms with Crippen molar-refractivity contribution in [3.63, 3.8) is 0 Å². The summed E-state index contributed by atoms with van der Waals surface area (Å²) in [6, 6.07) is 13.4. The number of ether oxygens (including phenoxy) is 6. The zero-order valence-corrected chi connectivity index (χ0v) is 32.5. The van der Waals surface area contributed by atoms with Gasteiger partial charge in [-0.05, 0) is 111 Å². The number of halogens is 6. The third-order valence-corrected chi connectivity index (χ3v) is 8.14. The third kappa shape index (κ3) is 17.7. The van der Waals surface area contributed by atoms with E-state index in [1.165, 1.54) is 12.2 Å². The summed E-state index contributed by atoms with van der Waals surface area (Å²) in [5.74, 6) is -5.65. The van der Waals surface area contributed by atoms with Crippen LogP contribution < -0.4 is 18.9 Å². The molecule has 0 unspecified atom stereocenters. The Hall–Kier alpha value is -6.32. The maximum Gasteiger partial charge on any atom is 0.420 e. The Bertz CT molecular complexity index is 1810. The molecule has 3 aromatic rings. The van der Waals surface area contributed by atoms with Gasteiger partial charge in [0.05, 0.1) is 26.4 Å². The smallest absolute Gasteiger partial charge is 0.420 e. The van der Waals surface area contributed by atoms with Crippen LogP contribution in [0.1, 0.15) is 73.6 Å². The molecular weight excluding hydrogens is 802 g/mol. The lowest BCUT2D eigenvalue weighted by Gasteiger charge is -2.21. The molecule has 0 aromatic heterocycles. The van der Waals surface area contributed by atoms with Gasteiger partial charge in [-0.2, -0.15) is 26.3 Å². The van der Waals surface area contributed by atoms with Gasteiger partial charge >= 0.3 is 36.2 Å². The van der Waals surface area contributed by atoms with E-state index in [2.05, 4.69) is 13.2 Å². The van der Waals surface area contributed by atoms with Crippen LogP contribution in [-0.4, -0.2) is 50.3 Å². The number of hydrogen-bond acceptors (Lipinski definition) is 10. The summed E-state index contributed by atoms with van der Waals surface area (Å²) in [4.78, 5) is 47.1. The van der Waals surface area contributed by atoms with Gasteiger partial charge in [0.2, 0.25) is 0 Å². The van der Waals surface area contributed by atoms with Crippen molar-refractivity contribution in [2.75, 3.05) is 26.4 Å². The van der Waals surface area contributed by atoms with Crippen molar-refractivity contribution < 1.29 is 73.9 Å². The Morgan fingerprint density at radius 2 is 0.800 bits per heavy atom. The van der Waals surface area contributed by atoms with Crippen LogP contribution in [0.2, 0.25) is 0 Å². The fourth-order valence-corrected chi connectivity index (χ4v) is 5.22. The molecule has 10 nitrogen and oxygen atoms in total. The molecular formula is C44H44F6O10. The lowest BCUT2D eigenvalue weighted by atomic mass is 10.0. The maximum atomic E-state index is 14.2. The molecule has 60 heavy (non-hydrogen) atoms. The van der Waals surface area contributed by atoms with Gasteiger partial charge in [-0.3, -0.25) is 0 Å². The highest BCUT2D eigenvalue weighted by Crippen LogP contribution is 2.49. The quantitative estimate of drug-likeness (QED) is 0.0283. The van der Waals surface area contributed by atoms with Crippen LogP contribution in [0.3, 0.4) is 0 Å². The van der Waals surface area contributed by atoms with Crippen molar-refractivity contribution >= 4 is 36.0 Å². The Kier molecular flexibility index (Phi) is 19.7. The predicted octanol–water partition coefficient (Wildman–Crippen LogP) is 10.3. The van der Waals surface area contributed by atoms with Crippen molar-refractivity contribution in [3.8, 4) is 23.0 Å². The largest absolute Gasteiger partial charge is 0.494 e. The number of rotatable bonds is 24. The van der Waals surface area contributed by atoms with Crippen molar-refractivity contribution in [3.05, 3.63) is 120 Å². The van der Waals surface area contributed by atoms with Crippen molar-refractivity contribution in [2.45, 2.75) is 63.7 Å². The molecule has 0 aliphatic carbocycles. The number of hydrogen-bond donors (Lipinski definition) is 0. The number of esters is 4. The van der Waals surface area contributed by atoms with Gasteiger partial charge in [0.15, 0.2) is 0 Å². The Morgan fingerprint density at radius 3 is 1.12 bits per heavy atom. The SMILES string of the molecule is C=CC(=O)OCCCCCCOc1ccc(C=CC(=O)Oc2ccc(OC(=O)C=Cc3ccc(OCCCCCCOC(=O)C=C)cc3)c(C(F)(F)F)c2C(F)(F)F)cc1. The molecule has 0 amide bonds. The van der Waals surface area contributed by atoms with E-state index >= 15 is 0 Å². The van der Waals surface area contributed by atoms with Gasteiger partial charge in [-0.25, -0.2) is 19.2 Å². The standard InChI is InChI=1S/C44H44F6O10/c1-3-37(51)57-29-11-7-5-9-27-55-33-19-13-31(14-20-33)17-25-39(53)59-35-23-24-36(42(44(48,49)50)41(35)43(45,46)47)60-40(54)26-18-32-15-21-34(22-16-32)56-28-10-6-8-12-30-58-38(52)4-2/h3-4,13-26H,1-2,5-12,27-30H2. The number of carbonyl (C=O) groups is 4. The van der Waals surface area contributed by atoms with E-state index in [4.69, 9.17) is 28.4 Å². The van der Waals surface area contributed by atoms with Crippen LogP contribution in [0, 0.1) is 0 Å². The van der Waals surface area contributed by atoms with E-state index in [1.54, 1.807) is 48.5 Å². The van der Waals surface area contributed by atoms with Crippen LogP contribution in [0.5, 0.6) is 23.0 Å². The fraction of sp³-hybridized carbons (Fsp3) is 0.318. The second kappa shape index (κ2) is 24.6. The van der Waals surface area contributed by atoms with Gasteiger partial charge in [0.25, 0.3) is 0 Å². The molecule has 0 aliphatic rings. The molecule has 0 bridgehead atoms. The second-order valence-electron chi connectivity index (χ2n) is 12.7. The lowest BCUT2D eigenvalue weighted by Crippen LogP contribution is -2.21. The first kappa shape index (κ1) is 48.1. The van der Waals surface area contributed by atoms with Gasteiger partial charge in [-0.15, -0.1) is 0 Å². The monoisotopic (exact) mass is 846 g/mol. The van der Waals surface area contributed by atoms with E-state index in [0.29, 0.717) is 74.0 Å². The van der Waals surface area contributed by atoms with E-state index in [-0.39, 0.29) is 0 Å². The highest BCUT2D eigenvalue weighted by atomic mass is 19.4. The van der Waals surface area contributed by atoms with Gasteiger partial charge in [0.1, 0.15) is 34.1 Å². The zero-order valence-electron chi connectivity index (χ0n) is 32.5. The van der Waals surface area contributed by atoms with E-state index < -0.39 is 58.9 Å². The lowest BCUT2D eigenvalue weighted by molar-refractivity contribution is -0.164. The summed E-state index contributed by atoms with van der Waals surface area (Å²) in [6.07, 6.45) is 0.822. The molecule has 0 aliphatic heterocycles. The Balaban J connectivity index is 1.56. The molecule has 16 heteroatoms. The Morgan fingerprint density at radius 1 is 0.467 bits per heavy atom. The first-order chi connectivity index (χ1) is 28.6. The molecule has 0 N–H and O–H groups in total. The maximum absolute atomic E-state index is 14.2. The molecule has 0 radical (unpaired) electrons. The minimum Gasteiger partial charge on any atom is -0.494 e. The van der Waals surface area contributed by atoms with Crippen LogP contribution in [0.4, 0.5) is 26.3 Å². The number of benzene rings is 3. The van der Waals surface area contributed by atoms with Gasteiger partial charge in [0, 0.05) is 24.3 Å². The summed E-state index contributed by atoms with van der Waals surface area (Å²) in [5, 5.41) is 0. The molecule has 322 valence electrons. The topological polar surface area (TPSA) is 124 Å². The van der Waals surface area contributed by atoms with E-state index in [9.17, 15) is 45.5 Å². The number of alkyl halides is 6. The van der Waals surface area contributed by atoms with Gasteiger partial charge in [-0.1, -0.05) is 37.4 Å². The second-order valence-corrected chi connectivity index (χ2v) is 12.7. The molecule has 0 fully saturated rings. The minimum atomic E-state index is -5.69. The van der Waals surface area contributed by atoms with Crippen LogP contribution in [0.15, 0.2) is 98.1 Å². The first-order valence-corrected chi connectivity index (χ1v) is 18.8.